The number of carboxylic acid groups (broad SMARTS) is 1. The number of halogens is 2. The van der Waals surface area contributed by atoms with Crippen molar-refractivity contribution in [1.29, 1.82) is 0 Å². The van der Waals surface area contributed by atoms with Crippen LogP contribution in [0.1, 0.15) is 36.5 Å². The molecule has 1 atom stereocenters. The highest BCUT2D eigenvalue weighted by molar-refractivity contribution is 7.81. The van der Waals surface area contributed by atoms with Gasteiger partial charge in [0, 0.05) is 22.3 Å². The summed E-state index contributed by atoms with van der Waals surface area (Å²) in [5, 5.41) is 9.44. The van der Waals surface area contributed by atoms with Gasteiger partial charge in [-0.15, -0.1) is 0 Å². The van der Waals surface area contributed by atoms with E-state index in [1.165, 1.54) is 0 Å². The summed E-state index contributed by atoms with van der Waals surface area (Å²) in [4.78, 5) is 11.4. The molecule has 0 saturated carbocycles. The van der Waals surface area contributed by atoms with E-state index in [9.17, 15) is 4.79 Å². The van der Waals surface area contributed by atoms with Crippen molar-refractivity contribution in [3.05, 3.63) is 63.1 Å². The quantitative estimate of drug-likeness (QED) is 0.508. The van der Waals surface area contributed by atoms with E-state index >= 15 is 0 Å². The fourth-order valence-electron chi connectivity index (χ4n) is 3.32. The van der Waals surface area contributed by atoms with Crippen LogP contribution in [0.3, 0.4) is 0 Å². The molecule has 3 rings (SSSR count). The van der Waals surface area contributed by atoms with Crippen LogP contribution >= 0.6 is 35.4 Å². The first-order valence-corrected chi connectivity index (χ1v) is 9.47. The fraction of sp³-hybridized carbons (Fsp3) is 0.300. The number of ether oxygens (including phenoxy) is 1. The Morgan fingerprint density at radius 2 is 1.96 bits per heavy atom. The summed E-state index contributed by atoms with van der Waals surface area (Å²) in [6.07, 6.45) is 1.17. The maximum absolute atomic E-state index is 10.6. The second-order valence-electron chi connectivity index (χ2n) is 6.59. The van der Waals surface area contributed by atoms with Gasteiger partial charge in [0.2, 0.25) is 0 Å². The predicted molar refractivity (Wildman–Crippen MR) is 108 cm³/mol. The number of aliphatic carboxylic acids is 1. The lowest BCUT2D eigenvalue weighted by molar-refractivity contribution is -0.137. The summed E-state index contributed by atoms with van der Waals surface area (Å²) in [5.41, 5.74) is 2.63. The van der Waals surface area contributed by atoms with Gasteiger partial charge in [0.15, 0.2) is 0 Å². The summed E-state index contributed by atoms with van der Waals surface area (Å²) in [7, 11) is 0. The first-order chi connectivity index (χ1) is 12.3. The van der Waals surface area contributed by atoms with Crippen LogP contribution in [0, 0.1) is 0 Å². The minimum Gasteiger partial charge on any atom is -0.492 e. The average Bonchev–Trinajstić information content (AvgIpc) is 2.88. The maximum Gasteiger partial charge on any atom is 0.303 e. The van der Waals surface area contributed by atoms with Crippen LogP contribution in [0.2, 0.25) is 10.0 Å². The van der Waals surface area contributed by atoms with Crippen LogP contribution < -0.4 is 4.74 Å². The molecule has 0 amide bonds. The van der Waals surface area contributed by atoms with Gasteiger partial charge >= 0.3 is 5.97 Å². The van der Waals surface area contributed by atoms with Gasteiger partial charge in [0.1, 0.15) is 10.8 Å². The predicted octanol–water partition coefficient (Wildman–Crippen LogP) is 5.47. The Morgan fingerprint density at radius 3 is 2.62 bits per heavy atom. The van der Waals surface area contributed by atoms with Crippen LogP contribution in [-0.2, 0) is 16.6 Å². The molecular weight excluding hydrogens is 391 g/mol. The third kappa shape index (κ3) is 3.46. The molecule has 3 nitrogen and oxygen atoms in total. The van der Waals surface area contributed by atoms with Crippen molar-refractivity contribution in [3.63, 3.8) is 0 Å². The van der Waals surface area contributed by atoms with Crippen molar-refractivity contribution in [2.45, 2.75) is 31.6 Å². The zero-order valence-electron chi connectivity index (χ0n) is 14.2. The topological polar surface area (TPSA) is 46.5 Å². The van der Waals surface area contributed by atoms with Gasteiger partial charge in [0.25, 0.3) is 0 Å². The molecule has 0 bridgehead atoms. The lowest BCUT2D eigenvalue weighted by Crippen LogP contribution is -2.28. The van der Waals surface area contributed by atoms with Crippen molar-refractivity contribution < 1.29 is 14.6 Å². The van der Waals surface area contributed by atoms with Gasteiger partial charge in [-0.25, -0.2) is 0 Å². The standard InChI is InChI=1S/C20H18Cl2O3S/c1-20(13-6-3-2-4-7-13)11-12-10-14(25-9-5-8-15(23)24)17(21)18(22)16(12)19(20)26/h2-4,6-7,10H,5,8-9,11H2,1H3,(H,23,24)/t20-/m1/s1. The van der Waals surface area contributed by atoms with Crippen LogP contribution in [0.15, 0.2) is 36.4 Å². The van der Waals surface area contributed by atoms with Crippen molar-refractivity contribution >= 4 is 46.3 Å². The lowest BCUT2D eigenvalue weighted by atomic mass is 9.80. The Bertz CT molecular complexity index is 867. The maximum atomic E-state index is 10.6. The molecule has 1 aliphatic rings. The van der Waals surface area contributed by atoms with Gasteiger partial charge in [0.05, 0.1) is 11.6 Å². The Morgan fingerprint density at radius 1 is 1.27 bits per heavy atom. The van der Waals surface area contributed by atoms with Gasteiger partial charge in [-0.3, -0.25) is 4.79 Å². The zero-order chi connectivity index (χ0) is 18.9. The van der Waals surface area contributed by atoms with E-state index in [1.807, 2.05) is 24.3 Å². The molecule has 1 aliphatic carbocycles. The third-order valence-corrected chi connectivity index (χ3v) is 6.24. The van der Waals surface area contributed by atoms with Gasteiger partial charge in [-0.1, -0.05) is 72.7 Å². The summed E-state index contributed by atoms with van der Waals surface area (Å²) >= 11 is 18.7. The Balaban J connectivity index is 1.90. The normalized spacial score (nSPS) is 18.7. The van der Waals surface area contributed by atoms with E-state index in [4.69, 9.17) is 45.3 Å². The largest absolute Gasteiger partial charge is 0.492 e. The molecule has 0 fully saturated rings. The molecule has 26 heavy (non-hydrogen) atoms. The number of benzene rings is 2. The Hall–Kier alpha value is -1.62. The monoisotopic (exact) mass is 408 g/mol. The van der Waals surface area contributed by atoms with Crippen molar-refractivity contribution in [2.24, 2.45) is 0 Å². The molecule has 0 aliphatic heterocycles. The molecule has 0 saturated heterocycles. The summed E-state index contributed by atoms with van der Waals surface area (Å²) < 4.78 is 5.68. The van der Waals surface area contributed by atoms with Gasteiger partial charge in [-0.05, 0) is 30.0 Å². The first-order valence-electron chi connectivity index (χ1n) is 8.30. The molecule has 2 aromatic carbocycles. The summed E-state index contributed by atoms with van der Waals surface area (Å²) in [5.74, 6) is -0.378. The average molecular weight is 409 g/mol. The number of hydrogen-bond acceptors (Lipinski definition) is 3. The molecule has 0 spiro atoms. The number of fused-ring (bicyclic) bond motifs is 1. The van der Waals surface area contributed by atoms with Crippen LogP contribution in [-0.4, -0.2) is 22.5 Å². The molecule has 0 unspecified atom stereocenters. The summed E-state index contributed by atoms with van der Waals surface area (Å²) in [6, 6.07) is 12.0. The highest BCUT2D eigenvalue weighted by Gasteiger charge is 2.41. The van der Waals surface area contributed by atoms with Crippen LogP contribution in [0.5, 0.6) is 5.75 Å². The number of carbonyl (C=O) groups is 1. The molecule has 1 N–H and O–H groups in total. The minimum absolute atomic E-state index is 0.0481. The molecule has 6 heteroatoms. The molecule has 0 aromatic heterocycles. The van der Waals surface area contributed by atoms with E-state index in [0.29, 0.717) is 28.6 Å². The molecule has 2 aromatic rings. The van der Waals surface area contributed by atoms with Crippen molar-refractivity contribution in [1.82, 2.24) is 0 Å². The smallest absolute Gasteiger partial charge is 0.303 e. The number of hydrogen-bond donors (Lipinski definition) is 1. The number of carboxylic acids is 1. The SMILES string of the molecule is C[C@]1(c2ccccc2)Cc2cc(OCCCC(=O)O)c(Cl)c(Cl)c2C1=S. The second kappa shape index (κ2) is 7.55. The van der Waals surface area contributed by atoms with Crippen molar-refractivity contribution in [3.8, 4) is 5.75 Å². The zero-order valence-corrected chi connectivity index (χ0v) is 16.5. The minimum atomic E-state index is -0.851. The molecule has 0 radical (unpaired) electrons. The third-order valence-electron chi connectivity index (χ3n) is 4.73. The highest BCUT2D eigenvalue weighted by atomic mass is 35.5. The fourth-order valence-corrected chi connectivity index (χ4v) is 4.32. The van der Waals surface area contributed by atoms with E-state index in [-0.39, 0.29) is 18.4 Å². The molecular formula is C20H18Cl2O3S. The Labute approximate surface area is 167 Å². The highest BCUT2D eigenvalue weighted by Crippen LogP contribution is 2.47. The Kier molecular flexibility index (Phi) is 5.56. The first kappa shape index (κ1) is 19.2. The van der Waals surface area contributed by atoms with Crippen LogP contribution in [0.25, 0.3) is 0 Å². The van der Waals surface area contributed by atoms with Crippen LogP contribution in [0.4, 0.5) is 0 Å². The molecule has 0 heterocycles. The number of rotatable bonds is 6. The summed E-state index contributed by atoms with van der Waals surface area (Å²) in [6.45, 7) is 2.38. The van der Waals surface area contributed by atoms with E-state index < -0.39 is 5.97 Å². The van der Waals surface area contributed by atoms with Gasteiger partial charge in [-0.2, -0.15) is 0 Å². The lowest BCUT2D eigenvalue weighted by Gasteiger charge is -2.25. The van der Waals surface area contributed by atoms with E-state index in [1.54, 1.807) is 0 Å². The second-order valence-corrected chi connectivity index (χ2v) is 7.75. The van der Waals surface area contributed by atoms with E-state index in [0.717, 1.165) is 21.6 Å². The van der Waals surface area contributed by atoms with Crippen molar-refractivity contribution in [2.75, 3.05) is 6.61 Å². The number of thiocarbonyl (C=S) groups is 1. The van der Waals surface area contributed by atoms with Gasteiger partial charge < -0.3 is 9.84 Å². The molecule has 136 valence electrons. The van der Waals surface area contributed by atoms with E-state index in [2.05, 4.69) is 19.1 Å².